The number of amides is 3. The van der Waals surface area contributed by atoms with Crippen LogP contribution in [-0.4, -0.2) is 62.6 Å². The summed E-state index contributed by atoms with van der Waals surface area (Å²) < 4.78 is 1.50. The summed E-state index contributed by atoms with van der Waals surface area (Å²) in [5.41, 5.74) is 5.02. The molecule has 3 aliphatic rings. The summed E-state index contributed by atoms with van der Waals surface area (Å²) in [6.45, 7) is 5.01. The number of rotatable bonds is 0. The largest absolute Gasteiger partial charge is 0.353 e. The first-order valence-corrected chi connectivity index (χ1v) is 14.9. The molecule has 4 bridgehead atoms. The van der Waals surface area contributed by atoms with Gasteiger partial charge in [0.25, 0.3) is 0 Å². The molecule has 3 aliphatic heterocycles. The minimum absolute atomic E-state index is 0.0336. The number of carbonyl (C=O) groups is 3. The van der Waals surface area contributed by atoms with Crippen LogP contribution in [0, 0.1) is 0 Å². The number of aryl methyl sites for hydroxylation is 1. The number of para-hydroxylation sites is 1. The highest BCUT2D eigenvalue weighted by molar-refractivity contribution is 6.00. The van der Waals surface area contributed by atoms with E-state index in [-0.39, 0.29) is 30.7 Å². The van der Waals surface area contributed by atoms with Gasteiger partial charge in [0.05, 0.1) is 6.54 Å². The van der Waals surface area contributed by atoms with E-state index in [4.69, 9.17) is 0 Å². The molecule has 0 unspecified atom stereocenters. The fraction of sp³-hybridized carbons (Fsp3) is 0.333. The highest BCUT2D eigenvalue weighted by Gasteiger charge is 2.32. The average molecular weight is 593 g/mol. The van der Waals surface area contributed by atoms with Crippen LogP contribution in [0.2, 0.25) is 0 Å². The normalized spacial score (nSPS) is 19.3. The van der Waals surface area contributed by atoms with Gasteiger partial charge in [-0.25, -0.2) is 4.68 Å². The lowest BCUT2D eigenvalue weighted by molar-refractivity contribution is -0.128. The van der Waals surface area contributed by atoms with Gasteiger partial charge in [-0.1, -0.05) is 66.7 Å². The monoisotopic (exact) mass is 592 g/mol. The number of aromatic nitrogens is 4. The average Bonchev–Trinajstić information content (AvgIpc) is 3.42. The standard InChI is InChI=1S/C33H36N8O3/c1-33(2)19-29(42)36-27-16-15-24-7-3-6-10-28(24)40(32(27)44)20-22-11-13-23(14-12-22)25-8-4-5-9-26(25)31-37-38-39-41(31)21-30(43)34-17-18-35-33/h3-14,27,35H,15-21H2,1-2H3,(H,34,43)(H,36,42)/t27-/m1/s1. The molecule has 1 atom stereocenters. The van der Waals surface area contributed by atoms with Crippen molar-refractivity contribution in [3.05, 3.63) is 83.9 Å². The SMILES string of the molecule is CC1(C)CC(=O)N[C@@H]2CCc3ccccc3N(Cc3ccc(cc3)-c3ccccc3-c3nnnn3CC(=O)NCCN1)C2=O. The van der Waals surface area contributed by atoms with Gasteiger partial charge in [0.1, 0.15) is 12.6 Å². The number of nitrogens with zero attached hydrogens (tertiary/aromatic N) is 5. The number of tetrazole rings is 1. The van der Waals surface area contributed by atoms with E-state index in [0.29, 0.717) is 38.3 Å². The van der Waals surface area contributed by atoms with Crippen LogP contribution in [0.4, 0.5) is 5.69 Å². The van der Waals surface area contributed by atoms with E-state index in [1.807, 2.05) is 86.6 Å². The third-order valence-corrected chi connectivity index (χ3v) is 8.14. The summed E-state index contributed by atoms with van der Waals surface area (Å²) in [6.07, 6.45) is 1.37. The predicted octanol–water partition coefficient (Wildman–Crippen LogP) is 2.86. The van der Waals surface area contributed by atoms with Gasteiger partial charge in [0.15, 0.2) is 5.82 Å². The maximum Gasteiger partial charge on any atom is 0.249 e. The molecule has 0 saturated carbocycles. The summed E-state index contributed by atoms with van der Waals surface area (Å²) in [7, 11) is 0. The first-order chi connectivity index (χ1) is 21.3. The van der Waals surface area contributed by atoms with Gasteiger partial charge in [0.2, 0.25) is 17.7 Å². The molecule has 0 aliphatic carbocycles. The number of carbonyl (C=O) groups excluding carboxylic acids is 3. The lowest BCUT2D eigenvalue weighted by atomic mass is 9.98. The highest BCUT2D eigenvalue weighted by atomic mass is 16.2. The molecule has 11 heteroatoms. The van der Waals surface area contributed by atoms with Crippen LogP contribution < -0.4 is 20.9 Å². The molecule has 0 fully saturated rings. The van der Waals surface area contributed by atoms with Gasteiger partial charge in [0, 0.05) is 36.3 Å². The van der Waals surface area contributed by atoms with E-state index in [0.717, 1.165) is 33.5 Å². The molecular formula is C33H36N8O3. The van der Waals surface area contributed by atoms with Gasteiger partial charge >= 0.3 is 0 Å². The Kier molecular flexibility index (Phi) is 8.21. The summed E-state index contributed by atoms with van der Waals surface area (Å²) in [5, 5.41) is 21.5. The number of benzene rings is 3. The van der Waals surface area contributed by atoms with Crippen molar-refractivity contribution in [3.8, 4) is 22.5 Å². The van der Waals surface area contributed by atoms with Gasteiger partial charge in [-0.15, -0.1) is 5.10 Å². The fourth-order valence-corrected chi connectivity index (χ4v) is 5.92. The second-order valence-corrected chi connectivity index (χ2v) is 12.0. The van der Waals surface area contributed by atoms with Gasteiger partial charge in [-0.2, -0.15) is 0 Å². The Morgan fingerprint density at radius 2 is 1.59 bits per heavy atom. The zero-order valence-electron chi connectivity index (χ0n) is 24.9. The van der Waals surface area contributed by atoms with E-state index >= 15 is 0 Å². The molecule has 226 valence electrons. The molecule has 4 heterocycles. The van der Waals surface area contributed by atoms with E-state index in [9.17, 15) is 14.4 Å². The third-order valence-electron chi connectivity index (χ3n) is 8.14. The lowest BCUT2D eigenvalue weighted by Crippen LogP contribution is -2.51. The molecule has 11 nitrogen and oxygen atoms in total. The van der Waals surface area contributed by atoms with Crippen molar-refractivity contribution in [2.75, 3.05) is 18.0 Å². The van der Waals surface area contributed by atoms with Crippen LogP contribution in [-0.2, 0) is 33.9 Å². The van der Waals surface area contributed by atoms with Crippen molar-refractivity contribution in [1.29, 1.82) is 0 Å². The Morgan fingerprint density at radius 3 is 2.41 bits per heavy atom. The summed E-state index contributed by atoms with van der Waals surface area (Å²) >= 11 is 0. The van der Waals surface area contributed by atoms with Gasteiger partial charge in [-0.3, -0.25) is 14.4 Å². The summed E-state index contributed by atoms with van der Waals surface area (Å²) in [6, 6.07) is 23.2. The minimum Gasteiger partial charge on any atom is -0.353 e. The summed E-state index contributed by atoms with van der Waals surface area (Å²) in [5.74, 6) is -0.0605. The molecular weight excluding hydrogens is 556 g/mol. The molecule has 3 aromatic carbocycles. The minimum atomic E-state index is -0.639. The predicted molar refractivity (Wildman–Crippen MR) is 166 cm³/mol. The molecule has 3 amide bonds. The quantitative estimate of drug-likeness (QED) is 0.286. The van der Waals surface area contributed by atoms with E-state index in [2.05, 4.69) is 31.5 Å². The molecule has 4 aromatic rings. The first-order valence-electron chi connectivity index (χ1n) is 14.9. The number of anilines is 1. The van der Waals surface area contributed by atoms with Crippen LogP contribution in [0.25, 0.3) is 22.5 Å². The second-order valence-electron chi connectivity index (χ2n) is 12.0. The van der Waals surface area contributed by atoms with Gasteiger partial charge < -0.3 is 20.9 Å². The maximum atomic E-state index is 14.0. The van der Waals surface area contributed by atoms with Crippen molar-refractivity contribution in [2.24, 2.45) is 0 Å². The smallest absolute Gasteiger partial charge is 0.249 e. The molecule has 0 saturated heterocycles. The van der Waals surface area contributed by atoms with Crippen molar-refractivity contribution < 1.29 is 14.4 Å². The number of fused-ring (bicyclic) bond motifs is 12. The van der Waals surface area contributed by atoms with E-state index in [1.165, 1.54) is 4.68 Å². The third kappa shape index (κ3) is 6.37. The zero-order valence-corrected chi connectivity index (χ0v) is 24.9. The Balaban J connectivity index is 1.37. The molecule has 0 spiro atoms. The van der Waals surface area contributed by atoms with Crippen LogP contribution in [0.1, 0.15) is 37.8 Å². The second kappa shape index (κ2) is 12.4. The Labute approximate surface area is 256 Å². The lowest BCUT2D eigenvalue weighted by Gasteiger charge is -2.29. The molecule has 1 aromatic heterocycles. The Morgan fingerprint density at radius 1 is 0.841 bits per heavy atom. The highest BCUT2D eigenvalue weighted by Crippen LogP contribution is 2.32. The van der Waals surface area contributed by atoms with Crippen LogP contribution in [0.5, 0.6) is 0 Å². The van der Waals surface area contributed by atoms with Crippen LogP contribution in [0.3, 0.4) is 0 Å². The molecule has 7 rings (SSSR count). The fourth-order valence-electron chi connectivity index (χ4n) is 5.92. The molecule has 44 heavy (non-hydrogen) atoms. The number of hydrogen-bond acceptors (Lipinski definition) is 7. The van der Waals surface area contributed by atoms with Crippen molar-refractivity contribution in [3.63, 3.8) is 0 Å². The zero-order chi connectivity index (χ0) is 30.7. The number of nitrogens with one attached hydrogen (secondary N) is 3. The Bertz CT molecular complexity index is 1680. The molecule has 3 N–H and O–H groups in total. The van der Waals surface area contributed by atoms with Crippen LogP contribution in [0.15, 0.2) is 72.8 Å². The van der Waals surface area contributed by atoms with E-state index in [1.54, 1.807) is 4.90 Å². The topological polar surface area (TPSA) is 134 Å². The Hall–Kier alpha value is -4.90. The molecule has 0 radical (unpaired) electrons. The first kappa shape index (κ1) is 29.2. The van der Waals surface area contributed by atoms with Crippen molar-refractivity contribution >= 4 is 23.4 Å². The van der Waals surface area contributed by atoms with Gasteiger partial charge in [-0.05, 0) is 65.4 Å². The maximum absolute atomic E-state index is 14.0. The van der Waals surface area contributed by atoms with E-state index < -0.39 is 11.6 Å². The van der Waals surface area contributed by atoms with Crippen LogP contribution >= 0.6 is 0 Å². The number of hydrogen-bond donors (Lipinski definition) is 3. The summed E-state index contributed by atoms with van der Waals surface area (Å²) in [4.78, 5) is 41.8. The van der Waals surface area contributed by atoms with Crippen molar-refractivity contribution in [2.45, 2.75) is 57.8 Å². The van der Waals surface area contributed by atoms with Crippen molar-refractivity contribution in [1.82, 2.24) is 36.2 Å².